The molecule has 0 saturated carbocycles. The van der Waals surface area contributed by atoms with Gasteiger partial charge in [-0.1, -0.05) is 23.7 Å². The minimum absolute atomic E-state index is 0.170. The Hall–Kier alpha value is -2.94. The smallest absolute Gasteiger partial charge is 0.342 e. The molecule has 0 aliphatic heterocycles. The predicted molar refractivity (Wildman–Crippen MR) is 81.2 cm³/mol. The van der Waals surface area contributed by atoms with E-state index >= 15 is 0 Å². The highest BCUT2D eigenvalue weighted by Crippen LogP contribution is 2.07. The Bertz CT molecular complexity index is 795. The number of rotatable bonds is 5. The highest BCUT2D eigenvalue weighted by atomic mass is 35.5. The number of amides is 1. The summed E-state index contributed by atoms with van der Waals surface area (Å²) in [4.78, 5) is 35.6. The largest absolute Gasteiger partial charge is 0.355 e. The summed E-state index contributed by atoms with van der Waals surface area (Å²) in [7, 11) is 0. The van der Waals surface area contributed by atoms with Gasteiger partial charge in [0.2, 0.25) is 5.82 Å². The third kappa shape index (κ3) is 4.56. The number of anilines is 1. The lowest BCUT2D eigenvalue weighted by Gasteiger charge is -2.02. The van der Waals surface area contributed by atoms with Crippen LogP contribution >= 0.6 is 11.6 Å². The molecule has 0 aliphatic rings. The van der Waals surface area contributed by atoms with Gasteiger partial charge in [-0.05, 0) is 17.7 Å². The number of carbonyl (C=O) groups is 1. The zero-order chi connectivity index (χ0) is 15.9. The third-order valence-corrected chi connectivity index (χ3v) is 2.65. The van der Waals surface area contributed by atoms with Crippen LogP contribution in [0.5, 0.6) is 0 Å². The maximum Gasteiger partial charge on any atom is 0.342 e. The van der Waals surface area contributed by atoms with Crippen molar-refractivity contribution in [3.63, 3.8) is 0 Å². The van der Waals surface area contributed by atoms with Crippen LogP contribution in [0.4, 0.5) is 5.82 Å². The van der Waals surface area contributed by atoms with E-state index in [0.717, 1.165) is 5.56 Å². The highest BCUT2D eigenvalue weighted by Gasteiger charge is 2.04. The van der Waals surface area contributed by atoms with Gasteiger partial charge in [0.25, 0.3) is 11.5 Å². The molecule has 0 radical (unpaired) electrons. The van der Waals surface area contributed by atoms with Crippen molar-refractivity contribution >= 4 is 29.5 Å². The van der Waals surface area contributed by atoms with Gasteiger partial charge in [0, 0.05) is 5.02 Å². The molecule has 1 heterocycles. The molecular formula is C12H11ClN6O3. The minimum atomic E-state index is -0.729. The first-order valence-corrected chi connectivity index (χ1v) is 6.43. The molecule has 2 rings (SSSR count). The van der Waals surface area contributed by atoms with Crippen molar-refractivity contribution in [2.75, 3.05) is 11.9 Å². The maximum absolute atomic E-state index is 11.5. The number of H-pyrrole nitrogens is 2. The molecule has 0 aliphatic carbocycles. The summed E-state index contributed by atoms with van der Waals surface area (Å²) in [5.74, 6) is -0.658. The van der Waals surface area contributed by atoms with Crippen LogP contribution in [-0.2, 0) is 4.79 Å². The fourth-order valence-corrected chi connectivity index (χ4v) is 1.52. The summed E-state index contributed by atoms with van der Waals surface area (Å²) >= 11 is 5.74. The van der Waals surface area contributed by atoms with Crippen LogP contribution in [0, 0.1) is 0 Å². The Morgan fingerprint density at radius 2 is 2.05 bits per heavy atom. The molecule has 114 valence electrons. The Morgan fingerprint density at radius 3 is 2.73 bits per heavy atom. The predicted octanol–water partition coefficient (Wildman–Crippen LogP) is -0.326. The van der Waals surface area contributed by atoms with Crippen LogP contribution in [0.3, 0.4) is 0 Å². The zero-order valence-electron chi connectivity index (χ0n) is 11.1. The van der Waals surface area contributed by atoms with Crippen molar-refractivity contribution in [3.05, 3.63) is 55.7 Å². The third-order valence-electron chi connectivity index (χ3n) is 2.40. The topological polar surface area (TPSA) is 132 Å². The number of nitrogens with one attached hydrogen (secondary N) is 4. The van der Waals surface area contributed by atoms with Crippen molar-refractivity contribution in [1.82, 2.24) is 20.6 Å². The minimum Gasteiger partial charge on any atom is -0.355 e. The number of hydrazone groups is 1. The summed E-state index contributed by atoms with van der Waals surface area (Å²) in [5.41, 5.74) is 1.58. The quantitative estimate of drug-likeness (QED) is 0.442. The summed E-state index contributed by atoms with van der Waals surface area (Å²) in [6, 6.07) is 6.86. The fourth-order valence-electron chi connectivity index (χ4n) is 1.40. The van der Waals surface area contributed by atoms with Gasteiger partial charge in [0.1, 0.15) is 0 Å². The number of hydrogen-bond donors (Lipinski definition) is 4. The monoisotopic (exact) mass is 322 g/mol. The van der Waals surface area contributed by atoms with E-state index in [9.17, 15) is 14.4 Å². The molecule has 2 aromatic rings. The molecule has 0 bridgehead atoms. The first kappa shape index (κ1) is 15.4. The number of hydrogen-bond acceptors (Lipinski definition) is 6. The first-order valence-electron chi connectivity index (χ1n) is 6.05. The molecule has 9 nitrogen and oxygen atoms in total. The fraction of sp³-hybridized carbons (Fsp3) is 0.0833. The number of halogens is 1. The van der Waals surface area contributed by atoms with E-state index in [4.69, 9.17) is 11.6 Å². The van der Waals surface area contributed by atoms with Crippen LogP contribution in [0.25, 0.3) is 0 Å². The second-order valence-electron chi connectivity index (χ2n) is 4.05. The zero-order valence-corrected chi connectivity index (χ0v) is 11.8. The lowest BCUT2D eigenvalue weighted by atomic mass is 10.2. The lowest BCUT2D eigenvalue weighted by Crippen LogP contribution is -2.31. The molecule has 4 N–H and O–H groups in total. The number of benzene rings is 1. The van der Waals surface area contributed by atoms with Gasteiger partial charge in [-0.15, -0.1) is 5.10 Å². The first-order chi connectivity index (χ1) is 10.5. The molecule has 1 aromatic heterocycles. The molecule has 22 heavy (non-hydrogen) atoms. The average Bonchev–Trinajstić information content (AvgIpc) is 2.48. The molecule has 0 fully saturated rings. The Kier molecular flexibility index (Phi) is 5.04. The van der Waals surface area contributed by atoms with E-state index in [-0.39, 0.29) is 12.4 Å². The maximum atomic E-state index is 11.5. The molecule has 0 atom stereocenters. The molecule has 0 unspecified atom stereocenters. The molecule has 1 aromatic carbocycles. The molecule has 0 spiro atoms. The normalized spacial score (nSPS) is 10.6. The molecule has 10 heteroatoms. The lowest BCUT2D eigenvalue weighted by molar-refractivity contribution is -0.119. The standard InChI is InChI=1S/C12H11ClN6O3/c13-8-3-1-7(2-4-8)5-15-17-9(20)6-14-10-11(21)16-12(22)19-18-10/h1-5H,6H2,(H,14,18)(H,17,20)(H2,16,19,21,22)/b15-5+. The summed E-state index contributed by atoms with van der Waals surface area (Å²) in [6.07, 6.45) is 1.44. The number of carbonyl (C=O) groups excluding carboxylic acids is 1. The molecular weight excluding hydrogens is 312 g/mol. The van der Waals surface area contributed by atoms with Gasteiger partial charge >= 0.3 is 5.69 Å². The van der Waals surface area contributed by atoms with Gasteiger partial charge < -0.3 is 5.32 Å². The van der Waals surface area contributed by atoms with E-state index in [1.54, 1.807) is 24.3 Å². The number of aromatic nitrogens is 3. The van der Waals surface area contributed by atoms with Crippen molar-refractivity contribution in [1.29, 1.82) is 0 Å². The number of aromatic amines is 2. The van der Waals surface area contributed by atoms with Crippen LogP contribution < -0.4 is 22.0 Å². The number of nitrogens with zero attached hydrogens (tertiary/aromatic N) is 2. The summed E-state index contributed by atoms with van der Waals surface area (Å²) < 4.78 is 0. The SMILES string of the molecule is O=C(CNc1n[nH]c(=O)[nH]c1=O)N/N=C/c1ccc(Cl)cc1. The van der Waals surface area contributed by atoms with Gasteiger partial charge in [-0.2, -0.15) is 5.10 Å². The second kappa shape index (κ2) is 7.18. The van der Waals surface area contributed by atoms with Gasteiger partial charge in [0.15, 0.2) is 0 Å². The van der Waals surface area contributed by atoms with E-state index in [1.807, 2.05) is 10.1 Å². The van der Waals surface area contributed by atoms with Crippen molar-refractivity contribution < 1.29 is 4.79 Å². The van der Waals surface area contributed by atoms with Crippen LogP contribution in [-0.4, -0.2) is 33.8 Å². The van der Waals surface area contributed by atoms with Crippen LogP contribution in [0.2, 0.25) is 5.02 Å². The molecule has 0 saturated heterocycles. The highest BCUT2D eigenvalue weighted by molar-refractivity contribution is 6.30. The van der Waals surface area contributed by atoms with E-state index in [0.29, 0.717) is 5.02 Å². The van der Waals surface area contributed by atoms with Gasteiger partial charge in [0.05, 0.1) is 12.8 Å². The average molecular weight is 323 g/mol. The van der Waals surface area contributed by atoms with Crippen LogP contribution in [0.15, 0.2) is 39.0 Å². The summed E-state index contributed by atoms with van der Waals surface area (Å²) in [6.45, 7) is -0.236. The van der Waals surface area contributed by atoms with Crippen molar-refractivity contribution in [2.24, 2.45) is 5.10 Å². The Balaban J connectivity index is 1.84. The second-order valence-corrected chi connectivity index (χ2v) is 4.49. The van der Waals surface area contributed by atoms with E-state index < -0.39 is 17.2 Å². The van der Waals surface area contributed by atoms with Crippen molar-refractivity contribution in [2.45, 2.75) is 0 Å². The van der Waals surface area contributed by atoms with E-state index in [2.05, 4.69) is 20.9 Å². The van der Waals surface area contributed by atoms with Crippen LogP contribution in [0.1, 0.15) is 5.56 Å². The molecule has 1 amide bonds. The van der Waals surface area contributed by atoms with Gasteiger partial charge in [-0.25, -0.2) is 15.3 Å². The summed E-state index contributed by atoms with van der Waals surface area (Å²) in [5, 5.41) is 12.3. The van der Waals surface area contributed by atoms with Gasteiger partial charge in [-0.3, -0.25) is 14.6 Å². The Labute approximate surface area is 128 Å². The van der Waals surface area contributed by atoms with Crippen molar-refractivity contribution in [3.8, 4) is 0 Å². The van der Waals surface area contributed by atoms with E-state index in [1.165, 1.54) is 6.21 Å². The Morgan fingerprint density at radius 1 is 1.32 bits per heavy atom.